The standard InChI is InChI=1S/C17H17N3O/c1-13-6-8-14(9-7-13)11-20-16-5-3-2-4-15(16)19-17(20)10-18-12-21/h2-9,12H,10-11H2,1H3,(H,18,21). The maximum Gasteiger partial charge on any atom is 0.207 e. The number of rotatable bonds is 5. The Morgan fingerprint density at radius 1 is 1.14 bits per heavy atom. The Hall–Kier alpha value is -2.62. The largest absolute Gasteiger partial charge is 0.351 e. The van der Waals surface area contributed by atoms with Crippen LogP contribution in [0.2, 0.25) is 0 Å². The lowest BCUT2D eigenvalue weighted by Crippen LogP contribution is -2.15. The van der Waals surface area contributed by atoms with Crippen LogP contribution in [0.3, 0.4) is 0 Å². The molecule has 1 aromatic heterocycles. The molecule has 0 saturated carbocycles. The third kappa shape index (κ3) is 2.79. The summed E-state index contributed by atoms with van der Waals surface area (Å²) in [5.74, 6) is 0.865. The molecule has 1 amide bonds. The summed E-state index contributed by atoms with van der Waals surface area (Å²) in [5, 5.41) is 2.70. The lowest BCUT2D eigenvalue weighted by atomic mass is 10.1. The molecule has 0 fully saturated rings. The Balaban J connectivity index is 2.01. The minimum Gasteiger partial charge on any atom is -0.351 e. The molecule has 4 heteroatoms. The Kier molecular flexibility index (Phi) is 3.69. The monoisotopic (exact) mass is 279 g/mol. The van der Waals surface area contributed by atoms with Crippen LogP contribution in [0, 0.1) is 6.92 Å². The van der Waals surface area contributed by atoms with Crippen LogP contribution < -0.4 is 5.32 Å². The number of carbonyl (C=O) groups excluding carboxylic acids is 1. The Morgan fingerprint density at radius 2 is 1.90 bits per heavy atom. The third-order valence-corrected chi connectivity index (χ3v) is 3.54. The molecule has 0 aliphatic rings. The fourth-order valence-corrected chi connectivity index (χ4v) is 2.45. The fraction of sp³-hybridized carbons (Fsp3) is 0.176. The minimum atomic E-state index is 0.435. The first-order valence-electron chi connectivity index (χ1n) is 6.94. The van der Waals surface area contributed by atoms with Gasteiger partial charge in [-0.1, -0.05) is 42.0 Å². The van der Waals surface area contributed by atoms with Crippen molar-refractivity contribution < 1.29 is 4.79 Å². The first-order chi connectivity index (χ1) is 10.3. The zero-order chi connectivity index (χ0) is 14.7. The van der Waals surface area contributed by atoms with Gasteiger partial charge in [0.1, 0.15) is 5.82 Å². The number of amides is 1. The smallest absolute Gasteiger partial charge is 0.207 e. The molecule has 1 heterocycles. The van der Waals surface area contributed by atoms with Gasteiger partial charge in [-0.15, -0.1) is 0 Å². The van der Waals surface area contributed by atoms with Crippen LogP contribution in [0.4, 0.5) is 0 Å². The van der Waals surface area contributed by atoms with E-state index in [1.54, 1.807) is 0 Å². The summed E-state index contributed by atoms with van der Waals surface area (Å²) in [6, 6.07) is 16.5. The molecule has 2 aromatic carbocycles. The highest BCUT2D eigenvalue weighted by atomic mass is 16.1. The Labute approximate surface area is 123 Å². The maximum atomic E-state index is 10.6. The van der Waals surface area contributed by atoms with E-state index in [0.29, 0.717) is 13.0 Å². The van der Waals surface area contributed by atoms with Gasteiger partial charge in [0.25, 0.3) is 0 Å². The van der Waals surface area contributed by atoms with Crippen molar-refractivity contribution in [3.05, 3.63) is 65.5 Å². The molecule has 0 aliphatic carbocycles. The normalized spacial score (nSPS) is 10.7. The molecule has 0 spiro atoms. The van der Waals surface area contributed by atoms with E-state index in [-0.39, 0.29) is 0 Å². The van der Waals surface area contributed by atoms with Crippen molar-refractivity contribution in [2.45, 2.75) is 20.0 Å². The lowest BCUT2D eigenvalue weighted by molar-refractivity contribution is -0.109. The van der Waals surface area contributed by atoms with E-state index in [2.05, 4.69) is 52.1 Å². The molecule has 0 saturated heterocycles. The number of benzene rings is 2. The van der Waals surface area contributed by atoms with Crippen LogP contribution in [0.25, 0.3) is 11.0 Å². The predicted octanol–water partition coefficient (Wildman–Crippen LogP) is 2.64. The van der Waals surface area contributed by atoms with Gasteiger partial charge in [0.15, 0.2) is 0 Å². The topological polar surface area (TPSA) is 46.9 Å². The zero-order valence-corrected chi connectivity index (χ0v) is 11.9. The average Bonchev–Trinajstić information content (AvgIpc) is 2.85. The molecular weight excluding hydrogens is 262 g/mol. The molecule has 4 nitrogen and oxygen atoms in total. The zero-order valence-electron chi connectivity index (χ0n) is 11.9. The number of carbonyl (C=O) groups is 1. The minimum absolute atomic E-state index is 0.435. The molecule has 0 bridgehead atoms. The van der Waals surface area contributed by atoms with Gasteiger partial charge in [-0.05, 0) is 24.6 Å². The number of fused-ring (bicyclic) bond motifs is 1. The molecule has 0 unspecified atom stereocenters. The van der Waals surface area contributed by atoms with Crippen molar-refractivity contribution in [2.75, 3.05) is 0 Å². The first-order valence-corrected chi connectivity index (χ1v) is 6.94. The van der Waals surface area contributed by atoms with Crippen LogP contribution >= 0.6 is 0 Å². The quantitative estimate of drug-likeness (QED) is 0.730. The highest BCUT2D eigenvalue weighted by Gasteiger charge is 2.10. The summed E-state index contributed by atoms with van der Waals surface area (Å²) in [6.07, 6.45) is 0.704. The summed E-state index contributed by atoms with van der Waals surface area (Å²) in [4.78, 5) is 15.2. The summed E-state index contributed by atoms with van der Waals surface area (Å²) >= 11 is 0. The van der Waals surface area contributed by atoms with E-state index in [9.17, 15) is 4.79 Å². The summed E-state index contributed by atoms with van der Waals surface area (Å²) < 4.78 is 2.15. The van der Waals surface area contributed by atoms with Gasteiger partial charge >= 0.3 is 0 Å². The summed E-state index contributed by atoms with van der Waals surface area (Å²) in [5.41, 5.74) is 4.50. The van der Waals surface area contributed by atoms with Gasteiger partial charge < -0.3 is 9.88 Å². The van der Waals surface area contributed by atoms with Gasteiger partial charge in [0, 0.05) is 6.54 Å². The van der Waals surface area contributed by atoms with Crippen LogP contribution in [0.15, 0.2) is 48.5 Å². The molecular formula is C17H17N3O. The number of aromatic nitrogens is 2. The number of nitrogens with one attached hydrogen (secondary N) is 1. The Morgan fingerprint density at radius 3 is 2.67 bits per heavy atom. The average molecular weight is 279 g/mol. The molecule has 21 heavy (non-hydrogen) atoms. The van der Waals surface area contributed by atoms with Crippen molar-refractivity contribution in [1.82, 2.24) is 14.9 Å². The Bertz CT molecular complexity index is 759. The fourth-order valence-electron chi connectivity index (χ4n) is 2.45. The van der Waals surface area contributed by atoms with E-state index >= 15 is 0 Å². The van der Waals surface area contributed by atoms with Gasteiger partial charge in [-0.25, -0.2) is 4.98 Å². The van der Waals surface area contributed by atoms with E-state index < -0.39 is 0 Å². The van der Waals surface area contributed by atoms with Crippen LogP contribution in [-0.2, 0) is 17.9 Å². The second-order valence-corrected chi connectivity index (χ2v) is 5.09. The van der Waals surface area contributed by atoms with E-state index in [1.165, 1.54) is 11.1 Å². The molecule has 0 aliphatic heterocycles. The van der Waals surface area contributed by atoms with Crippen LogP contribution in [0.1, 0.15) is 17.0 Å². The maximum absolute atomic E-state index is 10.6. The third-order valence-electron chi connectivity index (χ3n) is 3.54. The first kappa shape index (κ1) is 13.4. The number of imidazole rings is 1. The summed E-state index contributed by atoms with van der Waals surface area (Å²) in [6.45, 7) is 3.26. The van der Waals surface area contributed by atoms with E-state index in [4.69, 9.17) is 0 Å². The molecule has 3 aromatic rings. The summed E-state index contributed by atoms with van der Waals surface area (Å²) in [7, 11) is 0. The number of nitrogens with zero attached hydrogens (tertiary/aromatic N) is 2. The molecule has 0 radical (unpaired) electrons. The highest BCUT2D eigenvalue weighted by molar-refractivity contribution is 5.76. The van der Waals surface area contributed by atoms with Crippen molar-refractivity contribution in [3.8, 4) is 0 Å². The second kappa shape index (κ2) is 5.79. The number of para-hydroxylation sites is 2. The highest BCUT2D eigenvalue weighted by Crippen LogP contribution is 2.18. The molecule has 106 valence electrons. The van der Waals surface area contributed by atoms with Gasteiger partial charge in [-0.2, -0.15) is 0 Å². The van der Waals surface area contributed by atoms with Crippen molar-refractivity contribution in [2.24, 2.45) is 0 Å². The SMILES string of the molecule is Cc1ccc(Cn2c(CNC=O)nc3ccccc32)cc1. The van der Waals surface area contributed by atoms with E-state index in [0.717, 1.165) is 23.4 Å². The van der Waals surface area contributed by atoms with E-state index in [1.807, 2.05) is 18.2 Å². The van der Waals surface area contributed by atoms with Crippen molar-refractivity contribution >= 4 is 17.4 Å². The molecule has 3 rings (SSSR count). The number of aryl methyl sites for hydroxylation is 1. The van der Waals surface area contributed by atoms with Gasteiger partial charge in [-0.3, -0.25) is 4.79 Å². The number of hydrogen-bond donors (Lipinski definition) is 1. The predicted molar refractivity (Wildman–Crippen MR) is 82.9 cm³/mol. The van der Waals surface area contributed by atoms with Crippen molar-refractivity contribution in [1.29, 1.82) is 0 Å². The van der Waals surface area contributed by atoms with Crippen LogP contribution in [0.5, 0.6) is 0 Å². The van der Waals surface area contributed by atoms with Crippen molar-refractivity contribution in [3.63, 3.8) is 0 Å². The van der Waals surface area contributed by atoms with Gasteiger partial charge in [0.2, 0.25) is 6.41 Å². The number of hydrogen-bond acceptors (Lipinski definition) is 2. The van der Waals surface area contributed by atoms with Gasteiger partial charge in [0.05, 0.1) is 17.6 Å². The van der Waals surface area contributed by atoms with Crippen LogP contribution in [-0.4, -0.2) is 16.0 Å². The molecule has 1 N–H and O–H groups in total. The lowest BCUT2D eigenvalue weighted by Gasteiger charge is -2.09. The second-order valence-electron chi connectivity index (χ2n) is 5.09. The molecule has 0 atom stereocenters.